The largest absolute Gasteiger partial charge is 0.321 e. The average molecular weight is 390 g/mol. The molecule has 23 heavy (non-hydrogen) atoms. The summed E-state index contributed by atoms with van der Waals surface area (Å²) < 4.78 is 0.861. The molecule has 1 heterocycles. The van der Waals surface area contributed by atoms with Gasteiger partial charge >= 0.3 is 0 Å². The molecular weight excluding hydrogens is 376 g/mol. The fourth-order valence-corrected chi connectivity index (χ4v) is 3.12. The van der Waals surface area contributed by atoms with E-state index in [1.807, 2.05) is 44.2 Å². The number of benzene rings is 2. The number of aryl methyl sites for hydroxylation is 2. The molecule has 0 aliphatic rings. The molecule has 3 aromatic rings. The van der Waals surface area contributed by atoms with Crippen LogP contribution in [0.4, 0.5) is 5.69 Å². The van der Waals surface area contributed by atoms with Crippen LogP contribution < -0.4 is 5.32 Å². The lowest BCUT2D eigenvalue weighted by Crippen LogP contribution is -2.14. The van der Waals surface area contributed by atoms with E-state index in [1.165, 1.54) is 0 Å². The van der Waals surface area contributed by atoms with E-state index >= 15 is 0 Å². The second-order valence-corrected chi connectivity index (χ2v) is 6.72. The lowest BCUT2D eigenvalue weighted by Gasteiger charge is -2.10. The highest BCUT2D eigenvalue weighted by Gasteiger charge is 2.13. The minimum Gasteiger partial charge on any atom is -0.321 e. The first-order valence-electron chi connectivity index (χ1n) is 7.08. The summed E-state index contributed by atoms with van der Waals surface area (Å²) in [5.74, 6) is -0.220. The van der Waals surface area contributed by atoms with Crippen molar-refractivity contribution >= 4 is 50.0 Å². The number of pyridine rings is 1. The molecule has 0 aliphatic heterocycles. The summed E-state index contributed by atoms with van der Waals surface area (Å²) in [6, 6.07) is 13.2. The molecule has 2 aromatic carbocycles. The maximum atomic E-state index is 12.6. The summed E-state index contributed by atoms with van der Waals surface area (Å²) >= 11 is 9.50. The highest BCUT2D eigenvalue weighted by Crippen LogP contribution is 2.26. The number of fused-ring (bicyclic) bond motifs is 1. The molecule has 3 nitrogen and oxygen atoms in total. The van der Waals surface area contributed by atoms with Gasteiger partial charge < -0.3 is 5.32 Å². The number of hydrogen-bond acceptors (Lipinski definition) is 2. The minimum absolute atomic E-state index is 0.220. The topological polar surface area (TPSA) is 42.0 Å². The van der Waals surface area contributed by atoms with Crippen LogP contribution in [0.15, 0.2) is 46.9 Å². The number of hydrogen-bond donors (Lipinski definition) is 1. The predicted molar refractivity (Wildman–Crippen MR) is 98.3 cm³/mol. The lowest BCUT2D eigenvalue weighted by molar-refractivity contribution is 0.102. The van der Waals surface area contributed by atoms with Gasteiger partial charge in [0, 0.05) is 9.86 Å². The first-order chi connectivity index (χ1) is 10.9. The fraction of sp³-hybridized carbons (Fsp3) is 0.111. The van der Waals surface area contributed by atoms with Crippen LogP contribution in [0.3, 0.4) is 0 Å². The van der Waals surface area contributed by atoms with E-state index in [-0.39, 0.29) is 5.91 Å². The summed E-state index contributed by atoms with van der Waals surface area (Å²) in [4.78, 5) is 17.1. The van der Waals surface area contributed by atoms with Crippen molar-refractivity contribution in [1.82, 2.24) is 4.98 Å². The van der Waals surface area contributed by atoms with Crippen LogP contribution in [0.1, 0.15) is 21.6 Å². The molecule has 0 atom stereocenters. The predicted octanol–water partition coefficient (Wildman–Crippen LogP) is 5.52. The van der Waals surface area contributed by atoms with Gasteiger partial charge in [0.15, 0.2) is 0 Å². The molecule has 5 heteroatoms. The number of anilines is 1. The number of nitrogens with one attached hydrogen (secondary N) is 1. The molecule has 0 saturated heterocycles. The summed E-state index contributed by atoms with van der Waals surface area (Å²) in [7, 11) is 0. The number of rotatable bonds is 2. The molecule has 0 fully saturated rings. The van der Waals surface area contributed by atoms with Gasteiger partial charge in [-0.25, -0.2) is 0 Å². The molecular formula is C18H14BrClN2O. The fourth-order valence-electron chi connectivity index (χ4n) is 2.40. The molecule has 0 spiro atoms. The molecule has 0 bridgehead atoms. The number of amides is 1. The van der Waals surface area contributed by atoms with Crippen molar-refractivity contribution in [3.8, 4) is 0 Å². The second-order valence-electron chi connectivity index (χ2n) is 5.40. The molecule has 0 aliphatic carbocycles. The Morgan fingerprint density at radius 1 is 1.13 bits per heavy atom. The first kappa shape index (κ1) is 16.0. The van der Waals surface area contributed by atoms with Crippen LogP contribution in [0.5, 0.6) is 0 Å². The Balaban J connectivity index is 1.98. The van der Waals surface area contributed by atoms with E-state index in [9.17, 15) is 4.79 Å². The zero-order chi connectivity index (χ0) is 16.6. The normalized spacial score (nSPS) is 10.8. The molecule has 1 amide bonds. The summed E-state index contributed by atoms with van der Waals surface area (Å²) in [5, 5.41) is 4.27. The summed E-state index contributed by atoms with van der Waals surface area (Å²) in [5.41, 5.74) is 3.81. The van der Waals surface area contributed by atoms with Gasteiger partial charge in [-0.1, -0.05) is 39.2 Å². The zero-order valence-electron chi connectivity index (χ0n) is 12.7. The average Bonchev–Trinajstić information content (AvgIpc) is 2.49. The van der Waals surface area contributed by atoms with Crippen LogP contribution in [-0.2, 0) is 0 Å². The molecule has 116 valence electrons. The third-order valence-corrected chi connectivity index (χ3v) is 4.39. The number of nitrogens with zero attached hydrogens (tertiary/aromatic N) is 1. The molecule has 0 saturated carbocycles. The van der Waals surface area contributed by atoms with Crippen molar-refractivity contribution in [2.45, 2.75) is 13.8 Å². The highest BCUT2D eigenvalue weighted by atomic mass is 79.9. The summed E-state index contributed by atoms with van der Waals surface area (Å²) in [6.07, 6.45) is 0. The smallest absolute Gasteiger partial charge is 0.257 e. The summed E-state index contributed by atoms with van der Waals surface area (Å²) in [6.45, 7) is 3.85. The third-order valence-electron chi connectivity index (χ3n) is 3.58. The number of carbonyl (C=O) groups excluding carboxylic acids is 1. The van der Waals surface area contributed by atoms with Gasteiger partial charge in [0.1, 0.15) is 0 Å². The van der Waals surface area contributed by atoms with Crippen molar-refractivity contribution < 1.29 is 4.79 Å². The van der Waals surface area contributed by atoms with Crippen LogP contribution in [0.2, 0.25) is 5.02 Å². The van der Waals surface area contributed by atoms with Gasteiger partial charge in [0.25, 0.3) is 5.91 Å². The van der Waals surface area contributed by atoms with Gasteiger partial charge in [0.05, 0.1) is 27.5 Å². The van der Waals surface area contributed by atoms with Gasteiger partial charge in [-0.2, -0.15) is 0 Å². The van der Waals surface area contributed by atoms with Crippen molar-refractivity contribution in [1.29, 1.82) is 0 Å². The van der Waals surface area contributed by atoms with Crippen LogP contribution in [0.25, 0.3) is 10.9 Å². The van der Waals surface area contributed by atoms with E-state index in [4.69, 9.17) is 11.6 Å². The monoisotopic (exact) mass is 388 g/mol. The number of halogens is 2. The van der Waals surface area contributed by atoms with E-state index in [1.54, 1.807) is 12.1 Å². The van der Waals surface area contributed by atoms with Crippen LogP contribution >= 0.6 is 27.5 Å². The Labute approximate surface area is 147 Å². The van der Waals surface area contributed by atoms with Crippen LogP contribution in [-0.4, -0.2) is 10.9 Å². The maximum Gasteiger partial charge on any atom is 0.257 e. The molecule has 1 N–H and O–H groups in total. The van der Waals surface area contributed by atoms with Gasteiger partial charge in [-0.15, -0.1) is 0 Å². The number of carbonyl (C=O) groups is 1. The Morgan fingerprint density at radius 2 is 1.91 bits per heavy atom. The van der Waals surface area contributed by atoms with Gasteiger partial charge in [-0.3, -0.25) is 9.78 Å². The van der Waals surface area contributed by atoms with Crippen molar-refractivity contribution in [2.24, 2.45) is 0 Å². The number of aromatic nitrogens is 1. The Hall–Kier alpha value is -1.91. The Morgan fingerprint density at radius 3 is 2.65 bits per heavy atom. The minimum atomic E-state index is -0.220. The van der Waals surface area contributed by atoms with Crippen molar-refractivity contribution in [2.75, 3.05) is 5.32 Å². The Kier molecular flexibility index (Phi) is 4.37. The van der Waals surface area contributed by atoms with Crippen molar-refractivity contribution in [3.63, 3.8) is 0 Å². The van der Waals surface area contributed by atoms with E-state index in [2.05, 4.69) is 26.2 Å². The SMILES string of the molecule is Cc1ccc2nc(C)c(C(=O)Nc3ccc(Br)cc3Cl)cc2c1. The first-order valence-corrected chi connectivity index (χ1v) is 8.25. The van der Waals surface area contributed by atoms with E-state index < -0.39 is 0 Å². The van der Waals surface area contributed by atoms with Crippen LogP contribution in [0, 0.1) is 13.8 Å². The van der Waals surface area contributed by atoms with E-state index in [0.29, 0.717) is 22.0 Å². The van der Waals surface area contributed by atoms with Gasteiger partial charge in [-0.05, 0) is 50.2 Å². The maximum absolute atomic E-state index is 12.6. The van der Waals surface area contributed by atoms with Crippen molar-refractivity contribution in [3.05, 3.63) is 68.8 Å². The standard InChI is InChI=1S/C18H14BrClN2O/c1-10-3-5-16-12(7-10)8-14(11(2)21-16)18(23)22-17-6-4-13(19)9-15(17)20/h3-9H,1-2H3,(H,22,23). The molecule has 1 aromatic heterocycles. The molecule has 0 unspecified atom stereocenters. The Bertz CT molecular complexity index is 924. The van der Waals surface area contributed by atoms with E-state index in [0.717, 1.165) is 20.9 Å². The second kappa shape index (κ2) is 6.30. The van der Waals surface area contributed by atoms with Gasteiger partial charge in [0.2, 0.25) is 0 Å². The molecule has 3 rings (SSSR count). The molecule has 0 radical (unpaired) electrons. The quantitative estimate of drug-likeness (QED) is 0.627. The zero-order valence-corrected chi connectivity index (χ0v) is 15.0. The highest BCUT2D eigenvalue weighted by molar-refractivity contribution is 9.10. The lowest BCUT2D eigenvalue weighted by atomic mass is 10.1. The third kappa shape index (κ3) is 3.38.